The van der Waals surface area contributed by atoms with Crippen molar-refractivity contribution in [2.45, 2.75) is 24.9 Å². The second-order valence-corrected chi connectivity index (χ2v) is 7.54. The summed E-state index contributed by atoms with van der Waals surface area (Å²) in [6, 6.07) is 8.75. The van der Waals surface area contributed by atoms with E-state index in [0.29, 0.717) is 30.9 Å². The molecule has 2 aromatic heterocycles. The fourth-order valence-corrected chi connectivity index (χ4v) is 3.82. The van der Waals surface area contributed by atoms with Crippen molar-refractivity contribution in [2.24, 2.45) is 5.73 Å². The molecular weight excluding hydrogens is 427 g/mol. The van der Waals surface area contributed by atoms with E-state index in [2.05, 4.69) is 10.2 Å². The van der Waals surface area contributed by atoms with Gasteiger partial charge in [-0.05, 0) is 37.1 Å². The van der Waals surface area contributed by atoms with Gasteiger partial charge >= 0.3 is 6.18 Å². The maximum atomic E-state index is 13.2. The topological polar surface area (TPSA) is 103 Å². The molecular formula is C21H20F3N5O3. The van der Waals surface area contributed by atoms with E-state index in [1.807, 2.05) is 0 Å². The van der Waals surface area contributed by atoms with E-state index >= 15 is 0 Å². The summed E-state index contributed by atoms with van der Waals surface area (Å²) in [5.74, 6) is -0.644. The number of nitrogens with two attached hydrogens (primary N) is 1. The molecule has 0 aliphatic carbocycles. The standard InChI is InChI=1S/C21H20F3N5O3/c22-21(23,24)14-7-8-18-26-27-19(29(18)11-14)13-4-3-9-28(10-13)20(31)15-5-1-2-6-16(15)32-12-17(25)30/h1-2,5-8,11,13H,3-4,9-10,12H2,(H2,25,30). The molecule has 0 bridgehead atoms. The Hall–Kier alpha value is -3.63. The lowest BCUT2D eigenvalue weighted by Gasteiger charge is -2.32. The highest BCUT2D eigenvalue weighted by Gasteiger charge is 2.33. The molecule has 1 atom stereocenters. The number of aromatic nitrogens is 3. The lowest BCUT2D eigenvalue weighted by Crippen LogP contribution is -2.39. The normalized spacial score (nSPS) is 16.8. The number of nitrogens with zero attached hydrogens (tertiary/aromatic N) is 4. The Morgan fingerprint density at radius 2 is 1.94 bits per heavy atom. The number of benzene rings is 1. The minimum absolute atomic E-state index is 0.237. The molecule has 2 amide bonds. The fraction of sp³-hybridized carbons (Fsp3) is 0.333. The van der Waals surface area contributed by atoms with Crippen LogP contribution >= 0.6 is 0 Å². The van der Waals surface area contributed by atoms with Gasteiger partial charge < -0.3 is 15.4 Å². The zero-order valence-electron chi connectivity index (χ0n) is 16.9. The Bertz CT molecular complexity index is 1160. The maximum absolute atomic E-state index is 13.2. The second kappa shape index (κ2) is 8.48. The molecule has 2 N–H and O–H groups in total. The van der Waals surface area contributed by atoms with E-state index in [1.54, 1.807) is 29.2 Å². The first kappa shape index (κ1) is 21.6. The average Bonchev–Trinajstić information content (AvgIpc) is 3.20. The maximum Gasteiger partial charge on any atom is 0.417 e. The quantitative estimate of drug-likeness (QED) is 0.648. The largest absolute Gasteiger partial charge is 0.483 e. The first-order valence-corrected chi connectivity index (χ1v) is 9.95. The van der Waals surface area contributed by atoms with E-state index in [9.17, 15) is 22.8 Å². The van der Waals surface area contributed by atoms with Crippen LogP contribution in [0.1, 0.15) is 40.5 Å². The first-order valence-electron chi connectivity index (χ1n) is 9.95. The van der Waals surface area contributed by atoms with Gasteiger partial charge in [0.05, 0.1) is 11.1 Å². The molecule has 1 aliphatic rings. The molecule has 3 aromatic rings. The molecule has 1 fully saturated rings. The third-order valence-corrected chi connectivity index (χ3v) is 5.32. The Morgan fingerprint density at radius 1 is 1.16 bits per heavy atom. The minimum Gasteiger partial charge on any atom is -0.483 e. The Kier molecular flexibility index (Phi) is 5.72. The number of ether oxygens (including phenoxy) is 1. The number of rotatable bonds is 5. The van der Waals surface area contributed by atoms with Crippen molar-refractivity contribution >= 4 is 17.5 Å². The molecule has 0 spiro atoms. The SMILES string of the molecule is NC(=O)COc1ccccc1C(=O)N1CCCC(c2nnc3ccc(C(F)(F)F)cn23)C1. The van der Waals surface area contributed by atoms with Crippen molar-refractivity contribution in [1.29, 1.82) is 0 Å². The van der Waals surface area contributed by atoms with Gasteiger partial charge in [-0.1, -0.05) is 12.1 Å². The van der Waals surface area contributed by atoms with Gasteiger partial charge in [-0.3, -0.25) is 14.0 Å². The van der Waals surface area contributed by atoms with Gasteiger partial charge in [0.2, 0.25) is 0 Å². The van der Waals surface area contributed by atoms with Crippen LogP contribution in [0.15, 0.2) is 42.6 Å². The average molecular weight is 447 g/mol. The highest BCUT2D eigenvalue weighted by molar-refractivity contribution is 5.97. The van der Waals surface area contributed by atoms with Gasteiger partial charge in [-0.25, -0.2) is 0 Å². The van der Waals surface area contributed by atoms with Gasteiger partial charge in [0, 0.05) is 25.2 Å². The second-order valence-electron chi connectivity index (χ2n) is 7.54. The predicted octanol–water partition coefficient (Wildman–Crippen LogP) is 2.63. The molecule has 168 valence electrons. The molecule has 11 heteroatoms. The summed E-state index contributed by atoms with van der Waals surface area (Å²) < 4.78 is 46.2. The minimum atomic E-state index is -4.49. The number of amides is 2. The summed E-state index contributed by atoms with van der Waals surface area (Å²) in [4.78, 5) is 25.8. The fourth-order valence-electron chi connectivity index (χ4n) is 3.82. The van der Waals surface area contributed by atoms with Gasteiger partial charge in [-0.2, -0.15) is 13.2 Å². The molecule has 4 rings (SSSR count). The molecule has 1 saturated heterocycles. The zero-order valence-corrected chi connectivity index (χ0v) is 16.9. The van der Waals surface area contributed by atoms with Gasteiger partial charge in [-0.15, -0.1) is 10.2 Å². The van der Waals surface area contributed by atoms with E-state index in [-0.39, 0.29) is 36.3 Å². The number of primary amides is 1. The van der Waals surface area contributed by atoms with Crippen molar-refractivity contribution < 1.29 is 27.5 Å². The van der Waals surface area contributed by atoms with Crippen molar-refractivity contribution in [3.05, 3.63) is 59.5 Å². The smallest absolute Gasteiger partial charge is 0.417 e. The third-order valence-electron chi connectivity index (χ3n) is 5.32. The zero-order chi connectivity index (χ0) is 22.9. The Labute approximate surface area is 180 Å². The number of pyridine rings is 1. The van der Waals surface area contributed by atoms with Crippen LogP contribution in [0.25, 0.3) is 5.65 Å². The first-order chi connectivity index (χ1) is 15.2. The highest BCUT2D eigenvalue weighted by atomic mass is 19.4. The number of carbonyl (C=O) groups is 2. The molecule has 3 heterocycles. The molecule has 1 unspecified atom stereocenters. The van der Waals surface area contributed by atoms with Crippen LogP contribution in [0.2, 0.25) is 0 Å². The number of alkyl halides is 3. The number of hydrogen-bond donors (Lipinski definition) is 1. The van der Waals surface area contributed by atoms with E-state index in [0.717, 1.165) is 12.3 Å². The summed E-state index contributed by atoms with van der Waals surface area (Å²) in [6.07, 6.45) is -2.20. The van der Waals surface area contributed by atoms with Crippen LogP contribution in [-0.4, -0.2) is 51.0 Å². The van der Waals surface area contributed by atoms with Crippen LogP contribution < -0.4 is 10.5 Å². The van der Waals surface area contributed by atoms with Gasteiger partial charge in [0.15, 0.2) is 12.3 Å². The molecule has 1 aliphatic heterocycles. The highest BCUT2D eigenvalue weighted by Crippen LogP contribution is 2.32. The van der Waals surface area contributed by atoms with Gasteiger partial charge in [0.1, 0.15) is 11.6 Å². The van der Waals surface area contributed by atoms with E-state index in [4.69, 9.17) is 10.5 Å². The van der Waals surface area contributed by atoms with Crippen LogP contribution in [0.4, 0.5) is 13.2 Å². The summed E-state index contributed by atoms with van der Waals surface area (Å²) in [7, 11) is 0. The number of piperidine rings is 1. The van der Waals surface area contributed by atoms with Crippen molar-refractivity contribution in [3.8, 4) is 5.75 Å². The molecule has 0 saturated carbocycles. The third kappa shape index (κ3) is 4.36. The van der Waals surface area contributed by atoms with Crippen LogP contribution in [0, 0.1) is 0 Å². The Morgan fingerprint density at radius 3 is 2.69 bits per heavy atom. The summed E-state index contributed by atoms with van der Waals surface area (Å²) in [5.41, 5.74) is 4.91. The number of likely N-dealkylation sites (tertiary alicyclic amines) is 1. The molecule has 32 heavy (non-hydrogen) atoms. The van der Waals surface area contributed by atoms with Crippen LogP contribution in [0.5, 0.6) is 5.75 Å². The number of hydrogen-bond acceptors (Lipinski definition) is 5. The van der Waals surface area contributed by atoms with E-state index < -0.39 is 17.6 Å². The summed E-state index contributed by atoms with van der Waals surface area (Å²) in [5, 5.41) is 8.09. The van der Waals surface area contributed by atoms with Crippen LogP contribution in [0.3, 0.4) is 0 Å². The van der Waals surface area contributed by atoms with Gasteiger partial charge in [0.25, 0.3) is 11.8 Å². The Balaban J connectivity index is 1.58. The van der Waals surface area contributed by atoms with Crippen molar-refractivity contribution in [1.82, 2.24) is 19.5 Å². The molecule has 0 radical (unpaired) electrons. The van der Waals surface area contributed by atoms with Crippen LogP contribution in [-0.2, 0) is 11.0 Å². The lowest BCUT2D eigenvalue weighted by atomic mass is 9.96. The predicted molar refractivity (Wildman–Crippen MR) is 107 cm³/mol. The molecule has 1 aromatic carbocycles. The number of halogens is 3. The summed E-state index contributed by atoms with van der Waals surface area (Å²) in [6.45, 7) is 0.379. The number of para-hydroxylation sites is 1. The monoisotopic (exact) mass is 447 g/mol. The number of fused-ring (bicyclic) bond motifs is 1. The van der Waals surface area contributed by atoms with Crippen molar-refractivity contribution in [2.75, 3.05) is 19.7 Å². The summed E-state index contributed by atoms with van der Waals surface area (Å²) >= 11 is 0. The van der Waals surface area contributed by atoms with E-state index in [1.165, 1.54) is 10.5 Å². The lowest BCUT2D eigenvalue weighted by molar-refractivity contribution is -0.137. The number of carbonyl (C=O) groups excluding carboxylic acids is 2. The van der Waals surface area contributed by atoms with Crippen molar-refractivity contribution in [3.63, 3.8) is 0 Å². The molecule has 8 nitrogen and oxygen atoms in total.